The van der Waals surface area contributed by atoms with Gasteiger partial charge >= 0.3 is 5.91 Å². The summed E-state index contributed by atoms with van der Waals surface area (Å²) in [6, 6.07) is 5.82. The Bertz CT molecular complexity index is 976. The molecule has 6 heteroatoms. The van der Waals surface area contributed by atoms with Gasteiger partial charge in [0.25, 0.3) is 0 Å². The summed E-state index contributed by atoms with van der Waals surface area (Å²) in [7, 11) is 0. The molecule has 5 nitrogen and oxygen atoms in total. The number of aryl methyl sites for hydroxylation is 3. The minimum Gasteiger partial charge on any atom is -0.351 e. The zero-order valence-corrected chi connectivity index (χ0v) is 14.1. The van der Waals surface area contributed by atoms with Crippen molar-refractivity contribution in [1.29, 1.82) is 0 Å². The van der Waals surface area contributed by atoms with Crippen LogP contribution >= 0.6 is 11.3 Å². The van der Waals surface area contributed by atoms with E-state index >= 15 is 0 Å². The molecule has 0 aliphatic carbocycles. The van der Waals surface area contributed by atoms with Crippen molar-refractivity contribution in [2.45, 2.75) is 27.3 Å². The largest absolute Gasteiger partial charge is 0.351 e. The Kier molecular flexibility index (Phi) is 4.00. The van der Waals surface area contributed by atoms with Gasteiger partial charge in [0.15, 0.2) is 4.80 Å². The molecule has 0 aliphatic rings. The van der Waals surface area contributed by atoms with Gasteiger partial charge in [-0.05, 0) is 38.0 Å². The lowest BCUT2D eigenvalue weighted by atomic mass is 10.1. The minimum atomic E-state index is -0.427. The summed E-state index contributed by atoms with van der Waals surface area (Å²) >= 11 is 1.49. The molecule has 3 aromatic rings. The van der Waals surface area contributed by atoms with Crippen molar-refractivity contribution in [2.75, 3.05) is 0 Å². The van der Waals surface area contributed by atoms with Crippen molar-refractivity contribution in [1.82, 2.24) is 9.72 Å². The number of amides is 1. The van der Waals surface area contributed by atoms with Gasteiger partial charge in [-0.15, -0.1) is 6.58 Å². The third kappa shape index (κ3) is 2.90. The van der Waals surface area contributed by atoms with Crippen LogP contribution in [0.15, 0.2) is 40.4 Å². The van der Waals surface area contributed by atoms with Crippen LogP contribution in [-0.2, 0) is 6.54 Å². The van der Waals surface area contributed by atoms with Crippen molar-refractivity contribution >= 4 is 27.5 Å². The fraction of sp³-hybridized carbons (Fsp3) is 0.235. The van der Waals surface area contributed by atoms with E-state index < -0.39 is 5.91 Å². The third-order valence-electron chi connectivity index (χ3n) is 3.46. The van der Waals surface area contributed by atoms with Gasteiger partial charge in [0.1, 0.15) is 0 Å². The Labute approximate surface area is 137 Å². The number of carbonyl (C=O) groups excluding carboxylic acids is 1. The standard InChI is InChI=1S/C17H17N3O2S/c1-5-6-20-13-8-10(2)7-11(3)15(13)23-17(20)18-16(21)14-9-12(4)19-22-14/h5,7-9H,1,6H2,2-4H3. The molecule has 0 unspecified atom stereocenters. The zero-order valence-electron chi connectivity index (χ0n) is 13.3. The maximum absolute atomic E-state index is 12.3. The number of thiazole rings is 1. The van der Waals surface area contributed by atoms with Crippen LogP contribution in [0.25, 0.3) is 10.2 Å². The van der Waals surface area contributed by atoms with Gasteiger partial charge in [0.2, 0.25) is 5.76 Å². The van der Waals surface area contributed by atoms with Crippen LogP contribution in [0.3, 0.4) is 0 Å². The van der Waals surface area contributed by atoms with E-state index in [0.29, 0.717) is 17.0 Å². The quantitative estimate of drug-likeness (QED) is 0.691. The first-order valence-corrected chi connectivity index (χ1v) is 8.05. The molecule has 0 aliphatic heterocycles. The number of carbonyl (C=O) groups is 1. The van der Waals surface area contributed by atoms with Gasteiger partial charge in [-0.2, -0.15) is 4.99 Å². The lowest BCUT2D eigenvalue weighted by Gasteiger charge is -2.03. The number of fused-ring (bicyclic) bond motifs is 1. The zero-order chi connectivity index (χ0) is 16.6. The molecule has 0 bridgehead atoms. The van der Waals surface area contributed by atoms with Crippen LogP contribution in [0.2, 0.25) is 0 Å². The van der Waals surface area contributed by atoms with E-state index in [1.54, 1.807) is 19.1 Å². The molecule has 0 fully saturated rings. The average Bonchev–Trinajstić information content (AvgIpc) is 3.05. The molecule has 2 aromatic heterocycles. The van der Waals surface area contributed by atoms with Crippen LogP contribution in [0, 0.1) is 20.8 Å². The minimum absolute atomic E-state index is 0.151. The average molecular weight is 327 g/mol. The molecule has 2 heterocycles. The predicted octanol–water partition coefficient (Wildman–Crippen LogP) is 3.54. The summed E-state index contributed by atoms with van der Waals surface area (Å²) in [5.74, 6) is -0.276. The topological polar surface area (TPSA) is 60.4 Å². The van der Waals surface area contributed by atoms with Crippen LogP contribution in [0.1, 0.15) is 27.4 Å². The highest BCUT2D eigenvalue weighted by molar-refractivity contribution is 7.16. The Hall–Kier alpha value is -2.47. The number of rotatable bonds is 3. The van der Waals surface area contributed by atoms with Crippen molar-refractivity contribution in [2.24, 2.45) is 4.99 Å². The molecule has 0 atom stereocenters. The number of nitrogens with zero attached hydrogens (tertiary/aromatic N) is 3. The summed E-state index contributed by atoms with van der Waals surface area (Å²) in [6.07, 6.45) is 1.80. The monoisotopic (exact) mass is 327 g/mol. The van der Waals surface area contributed by atoms with Crippen LogP contribution in [-0.4, -0.2) is 15.6 Å². The molecule has 0 saturated heterocycles. The van der Waals surface area contributed by atoms with E-state index in [-0.39, 0.29) is 5.76 Å². The fourth-order valence-corrected chi connectivity index (χ4v) is 3.60. The maximum atomic E-state index is 12.3. The molecule has 23 heavy (non-hydrogen) atoms. The third-order valence-corrected chi connectivity index (χ3v) is 4.69. The molecule has 1 amide bonds. The first kappa shape index (κ1) is 15.4. The number of benzene rings is 1. The van der Waals surface area contributed by atoms with Crippen LogP contribution < -0.4 is 4.80 Å². The highest BCUT2D eigenvalue weighted by Crippen LogP contribution is 2.23. The summed E-state index contributed by atoms with van der Waals surface area (Å²) < 4.78 is 8.11. The van der Waals surface area contributed by atoms with E-state index in [9.17, 15) is 4.79 Å². The molecular weight excluding hydrogens is 310 g/mol. The van der Waals surface area contributed by atoms with Crippen LogP contribution in [0.5, 0.6) is 0 Å². The second-order valence-corrected chi connectivity index (χ2v) is 6.44. The predicted molar refractivity (Wildman–Crippen MR) is 90.6 cm³/mol. The van der Waals surface area contributed by atoms with Gasteiger partial charge in [-0.3, -0.25) is 4.79 Å². The number of allylic oxidation sites excluding steroid dienone is 1. The molecule has 1 aromatic carbocycles. The van der Waals surface area contributed by atoms with Gasteiger partial charge in [-0.25, -0.2) is 0 Å². The SMILES string of the molecule is C=CCn1c(=NC(=O)c2cc(C)no2)sc2c(C)cc(C)cc21. The van der Waals surface area contributed by atoms with Crippen molar-refractivity contribution in [3.05, 3.63) is 58.2 Å². The van der Waals surface area contributed by atoms with E-state index in [0.717, 1.165) is 10.2 Å². The Morgan fingerprint density at radius 1 is 1.39 bits per heavy atom. The van der Waals surface area contributed by atoms with Gasteiger partial charge in [0, 0.05) is 12.6 Å². The summed E-state index contributed by atoms with van der Waals surface area (Å²) in [5, 5.41) is 3.73. The van der Waals surface area contributed by atoms with E-state index in [1.807, 2.05) is 4.57 Å². The Morgan fingerprint density at radius 3 is 2.83 bits per heavy atom. The number of aromatic nitrogens is 2. The van der Waals surface area contributed by atoms with E-state index in [4.69, 9.17) is 4.52 Å². The Balaban J connectivity index is 2.21. The number of hydrogen-bond donors (Lipinski definition) is 0. The molecule has 3 rings (SSSR count). The molecule has 118 valence electrons. The normalized spacial score (nSPS) is 12.0. The van der Waals surface area contributed by atoms with Crippen LogP contribution in [0.4, 0.5) is 0 Å². The first-order valence-electron chi connectivity index (χ1n) is 7.23. The van der Waals surface area contributed by atoms with E-state index in [1.165, 1.54) is 22.5 Å². The van der Waals surface area contributed by atoms with Gasteiger partial charge in [0.05, 0.1) is 15.9 Å². The summed E-state index contributed by atoms with van der Waals surface area (Å²) in [6.45, 7) is 10.3. The summed E-state index contributed by atoms with van der Waals surface area (Å²) in [5.41, 5.74) is 4.07. The second-order valence-electron chi connectivity index (χ2n) is 5.46. The Morgan fingerprint density at radius 2 is 2.17 bits per heavy atom. The van der Waals surface area contributed by atoms with Crippen molar-refractivity contribution in [3.63, 3.8) is 0 Å². The fourth-order valence-electron chi connectivity index (χ4n) is 2.51. The molecule has 0 radical (unpaired) electrons. The smallest absolute Gasteiger partial charge is 0.318 e. The van der Waals surface area contributed by atoms with Crippen molar-refractivity contribution in [3.8, 4) is 0 Å². The maximum Gasteiger partial charge on any atom is 0.318 e. The van der Waals surface area contributed by atoms with Gasteiger partial charge in [-0.1, -0.05) is 28.6 Å². The van der Waals surface area contributed by atoms with Gasteiger partial charge < -0.3 is 9.09 Å². The molecular formula is C17H17N3O2S. The molecule has 0 spiro atoms. The lowest BCUT2D eigenvalue weighted by molar-refractivity contribution is 0.0962. The number of hydrogen-bond acceptors (Lipinski definition) is 4. The molecule has 0 N–H and O–H groups in total. The van der Waals surface area contributed by atoms with Crippen molar-refractivity contribution < 1.29 is 9.32 Å². The second kappa shape index (κ2) is 5.96. The summed E-state index contributed by atoms with van der Waals surface area (Å²) in [4.78, 5) is 17.1. The first-order chi connectivity index (χ1) is 11.0. The molecule has 0 saturated carbocycles. The van der Waals surface area contributed by atoms with E-state index in [2.05, 4.69) is 42.7 Å². The highest BCUT2D eigenvalue weighted by atomic mass is 32.1. The highest BCUT2D eigenvalue weighted by Gasteiger charge is 2.13. The lowest BCUT2D eigenvalue weighted by Crippen LogP contribution is -2.16.